The number of aliphatic hydroxyl groups excluding tert-OH is 1. The summed E-state index contributed by atoms with van der Waals surface area (Å²) in [6.07, 6.45) is -3.12. The Morgan fingerprint density at radius 3 is 1.86 bits per heavy atom. The topological polar surface area (TPSA) is 382 Å². The SMILES string of the molecule is CC(C)C[C@@H]1NC(=O)CNC(=O)CNC(=O)[C@H](CC(=O)O)NC(=O)[C@H](CC(=O)O)NC(=O)[C@H]([C@@H](C)O)NC(=O)[C@@H](N)CSSC[C@@H](C(=O)O)NC(=O)[C@@H]2CCCN2C1=O. The number of carboxylic acids is 3. The third-order valence-electron chi connectivity index (χ3n) is 8.65. The van der Waals surface area contributed by atoms with Crippen LogP contribution in [0.5, 0.6) is 0 Å². The maximum absolute atomic E-state index is 13.7. The standard InChI is InChI=1S/C33H51N9O15S2/c1-14(2)7-19-32(55)42-6-4-5-21(42)30(53)40-20(33(56)57)13-59-58-12-16(34)27(50)41-26(15(3)43)31(54)39-18(9-25(48)49)29(52)38-17(8-24(46)47)28(51)36-10-22(44)35-11-23(45)37-19/h14-21,26,43H,4-13,34H2,1-3H3,(H,35,44)(H,36,51)(H,37,45)(H,38,52)(H,39,54)(H,40,53)(H,41,50)(H,46,47)(H,48,49)(H,56,57)/t15-,16+,17+,18+,19+,20+,21+,26+/m1/s1. The summed E-state index contributed by atoms with van der Waals surface area (Å²) in [5, 5.41) is 54.4. The van der Waals surface area contributed by atoms with Gasteiger partial charge in [0.25, 0.3) is 0 Å². The first-order valence-electron chi connectivity index (χ1n) is 18.3. The van der Waals surface area contributed by atoms with Crippen LogP contribution in [0.3, 0.4) is 0 Å². The van der Waals surface area contributed by atoms with Crippen molar-refractivity contribution in [3.05, 3.63) is 0 Å². The Bertz CT molecular complexity index is 1620. The van der Waals surface area contributed by atoms with E-state index in [1.54, 1.807) is 13.8 Å². The first-order chi connectivity index (χ1) is 27.6. The van der Waals surface area contributed by atoms with E-state index in [2.05, 4.69) is 26.6 Å². The highest BCUT2D eigenvalue weighted by molar-refractivity contribution is 8.76. The molecule has 8 amide bonds. The number of aliphatic carboxylic acids is 3. The number of carboxylic acid groups (broad SMARTS) is 3. The smallest absolute Gasteiger partial charge is 0.327 e. The summed E-state index contributed by atoms with van der Waals surface area (Å²) in [5.41, 5.74) is 5.96. The second-order valence-electron chi connectivity index (χ2n) is 14.1. The number of carbonyl (C=O) groups excluding carboxylic acids is 8. The highest BCUT2D eigenvalue weighted by Gasteiger charge is 2.39. The Morgan fingerprint density at radius 1 is 0.712 bits per heavy atom. The van der Waals surface area contributed by atoms with Crippen molar-refractivity contribution in [2.75, 3.05) is 31.1 Å². The number of aliphatic hydroxyl groups is 1. The number of nitrogens with one attached hydrogen (secondary N) is 7. The van der Waals surface area contributed by atoms with Crippen molar-refractivity contribution in [2.24, 2.45) is 11.7 Å². The second-order valence-corrected chi connectivity index (χ2v) is 16.6. The van der Waals surface area contributed by atoms with Crippen LogP contribution < -0.4 is 43.0 Å². The van der Waals surface area contributed by atoms with Gasteiger partial charge in [-0.15, -0.1) is 0 Å². The van der Waals surface area contributed by atoms with Gasteiger partial charge in [0.1, 0.15) is 36.3 Å². The minimum Gasteiger partial charge on any atom is -0.481 e. The predicted molar refractivity (Wildman–Crippen MR) is 207 cm³/mol. The van der Waals surface area contributed by atoms with Gasteiger partial charge in [0.05, 0.1) is 38.1 Å². The third kappa shape index (κ3) is 16.9. The molecule has 2 aliphatic heterocycles. The molecule has 59 heavy (non-hydrogen) atoms. The van der Waals surface area contributed by atoms with Crippen LogP contribution in [0.15, 0.2) is 0 Å². The van der Waals surface area contributed by atoms with Crippen molar-refractivity contribution in [2.45, 2.75) is 101 Å². The van der Waals surface area contributed by atoms with E-state index in [0.717, 1.165) is 28.5 Å². The number of rotatable bonds is 8. The lowest BCUT2D eigenvalue weighted by molar-refractivity contribution is -0.144. The fourth-order valence-corrected chi connectivity index (χ4v) is 7.97. The summed E-state index contributed by atoms with van der Waals surface area (Å²) in [5.74, 6) is -13.2. The first kappa shape index (κ1) is 49.9. The summed E-state index contributed by atoms with van der Waals surface area (Å²) in [6, 6.07) is -10.8. The molecule has 0 aromatic carbocycles. The number of fused-ring (bicyclic) bond motifs is 1. The van der Waals surface area contributed by atoms with Crippen LogP contribution in [0.2, 0.25) is 0 Å². The molecule has 0 saturated carbocycles. The van der Waals surface area contributed by atoms with Crippen LogP contribution in [0.25, 0.3) is 0 Å². The maximum atomic E-state index is 13.7. The van der Waals surface area contributed by atoms with Crippen LogP contribution in [-0.4, -0.2) is 170 Å². The summed E-state index contributed by atoms with van der Waals surface area (Å²) in [6.45, 7) is 3.22. The number of carbonyl (C=O) groups is 11. The van der Waals surface area contributed by atoms with Gasteiger partial charge in [-0.3, -0.25) is 47.9 Å². The molecule has 0 unspecified atom stereocenters. The van der Waals surface area contributed by atoms with Crippen LogP contribution in [0.1, 0.15) is 52.9 Å². The van der Waals surface area contributed by atoms with Crippen molar-refractivity contribution >= 4 is 86.8 Å². The Labute approximate surface area is 345 Å². The molecule has 2 heterocycles. The molecule has 2 rings (SSSR count). The quantitative estimate of drug-likeness (QED) is 0.101. The fourth-order valence-electron chi connectivity index (χ4n) is 5.70. The third-order valence-corrected chi connectivity index (χ3v) is 11.1. The predicted octanol–water partition coefficient (Wildman–Crippen LogP) is -5.18. The van der Waals surface area contributed by atoms with E-state index in [-0.39, 0.29) is 36.8 Å². The second kappa shape index (κ2) is 24.0. The fraction of sp³-hybridized carbons (Fsp3) is 0.667. The minimum absolute atomic E-state index is 0.124. The Kier molecular flexibility index (Phi) is 20.3. The Morgan fingerprint density at radius 2 is 1.29 bits per heavy atom. The monoisotopic (exact) mass is 877 g/mol. The van der Waals surface area contributed by atoms with Crippen LogP contribution in [0.4, 0.5) is 0 Å². The highest BCUT2D eigenvalue weighted by Crippen LogP contribution is 2.24. The van der Waals surface area contributed by atoms with E-state index in [9.17, 15) is 73.2 Å². The number of hydrogen-bond acceptors (Lipinski definition) is 15. The summed E-state index contributed by atoms with van der Waals surface area (Å²) in [7, 11) is 1.86. The highest BCUT2D eigenvalue weighted by atomic mass is 33.1. The van der Waals surface area contributed by atoms with Gasteiger partial charge < -0.3 is 68.3 Å². The van der Waals surface area contributed by atoms with Crippen molar-refractivity contribution in [3.8, 4) is 0 Å². The number of hydrogen-bond donors (Lipinski definition) is 12. The lowest BCUT2D eigenvalue weighted by atomic mass is 10.0. The molecule has 13 N–H and O–H groups in total. The zero-order valence-corrected chi connectivity index (χ0v) is 34.0. The molecule has 26 heteroatoms. The van der Waals surface area contributed by atoms with Crippen LogP contribution >= 0.6 is 21.6 Å². The molecular formula is C33H51N9O15S2. The first-order valence-corrected chi connectivity index (χ1v) is 20.8. The van der Waals surface area contributed by atoms with Gasteiger partial charge in [-0.25, -0.2) is 4.79 Å². The zero-order valence-electron chi connectivity index (χ0n) is 32.4. The van der Waals surface area contributed by atoms with Crippen molar-refractivity contribution in [1.82, 2.24) is 42.1 Å². The van der Waals surface area contributed by atoms with Gasteiger partial charge in [0, 0.05) is 18.1 Å². The molecular weight excluding hydrogens is 827 g/mol. The van der Waals surface area contributed by atoms with Gasteiger partial charge in [0.15, 0.2) is 0 Å². The van der Waals surface area contributed by atoms with Crippen LogP contribution in [0, 0.1) is 5.92 Å². The molecule has 0 bridgehead atoms. The molecule has 2 fully saturated rings. The maximum Gasteiger partial charge on any atom is 0.327 e. The normalized spacial score (nSPS) is 27.5. The summed E-state index contributed by atoms with van der Waals surface area (Å²) in [4.78, 5) is 141. The van der Waals surface area contributed by atoms with E-state index in [1.165, 1.54) is 4.90 Å². The Balaban J connectivity index is 2.42. The molecule has 2 aliphatic rings. The molecule has 0 radical (unpaired) electrons. The minimum atomic E-state index is -1.99. The molecule has 0 spiro atoms. The van der Waals surface area contributed by atoms with Gasteiger partial charge in [-0.2, -0.15) is 0 Å². The molecule has 8 atom stereocenters. The summed E-state index contributed by atoms with van der Waals surface area (Å²) >= 11 is 0. The van der Waals surface area contributed by atoms with E-state index in [4.69, 9.17) is 5.73 Å². The molecule has 0 aromatic heterocycles. The lowest BCUT2D eigenvalue weighted by Crippen LogP contribution is -2.60. The molecule has 330 valence electrons. The Hall–Kier alpha value is -5.21. The lowest BCUT2D eigenvalue weighted by Gasteiger charge is -2.30. The number of nitrogens with zero attached hydrogens (tertiary/aromatic N) is 1. The van der Waals surface area contributed by atoms with Gasteiger partial charge >= 0.3 is 17.9 Å². The van der Waals surface area contributed by atoms with Crippen LogP contribution in [-0.2, 0) is 52.7 Å². The number of amides is 8. The van der Waals surface area contributed by atoms with E-state index >= 15 is 0 Å². The van der Waals surface area contributed by atoms with E-state index in [1.807, 2.05) is 10.6 Å². The van der Waals surface area contributed by atoms with Crippen molar-refractivity contribution in [1.29, 1.82) is 0 Å². The number of nitrogens with two attached hydrogens (primary N) is 1. The van der Waals surface area contributed by atoms with Crippen molar-refractivity contribution < 1.29 is 73.2 Å². The van der Waals surface area contributed by atoms with Gasteiger partial charge in [0.2, 0.25) is 47.3 Å². The molecule has 0 aliphatic carbocycles. The molecule has 24 nitrogen and oxygen atoms in total. The average molecular weight is 878 g/mol. The average Bonchev–Trinajstić information content (AvgIpc) is 3.64. The molecule has 2 saturated heterocycles. The summed E-state index contributed by atoms with van der Waals surface area (Å²) < 4.78 is 0. The van der Waals surface area contributed by atoms with E-state index < -0.39 is 139 Å². The molecule has 0 aromatic rings. The van der Waals surface area contributed by atoms with Gasteiger partial charge in [-0.05, 0) is 32.1 Å². The van der Waals surface area contributed by atoms with E-state index in [0.29, 0.717) is 6.42 Å². The largest absolute Gasteiger partial charge is 0.481 e. The van der Waals surface area contributed by atoms with Crippen molar-refractivity contribution in [3.63, 3.8) is 0 Å². The zero-order chi connectivity index (χ0) is 44.6. The van der Waals surface area contributed by atoms with Gasteiger partial charge in [-0.1, -0.05) is 35.4 Å².